The molecule has 12 heteroatoms. The second-order valence-corrected chi connectivity index (χ2v) is 6.56. The third-order valence-electron chi connectivity index (χ3n) is 3.98. The maximum atomic E-state index is 12.5. The summed E-state index contributed by atoms with van der Waals surface area (Å²) in [7, 11) is 0. The molecule has 2 N–H and O–H groups in total. The highest BCUT2D eigenvalue weighted by Gasteiger charge is 2.27. The fraction of sp³-hybridized carbons (Fsp3) is 0.211. The van der Waals surface area contributed by atoms with Crippen molar-refractivity contribution in [1.82, 2.24) is 25.5 Å². The zero-order valence-electron chi connectivity index (χ0n) is 16.0. The van der Waals surface area contributed by atoms with E-state index in [1.54, 1.807) is 24.4 Å². The molecule has 1 saturated heterocycles. The predicted molar refractivity (Wildman–Crippen MR) is 108 cm³/mol. The molecule has 4 rings (SSSR count). The molecule has 1 fully saturated rings. The Bertz CT molecular complexity index is 1010. The molecule has 1 aliphatic heterocycles. The summed E-state index contributed by atoms with van der Waals surface area (Å²) in [5, 5.41) is 13.1. The second kappa shape index (κ2) is 9.94. The largest absolute Gasteiger partial charge is 0.487 e. The minimum atomic E-state index is -3.79. The number of nitrogens with zero attached hydrogens (tertiary/aromatic N) is 4. The van der Waals surface area contributed by atoms with E-state index in [-0.39, 0.29) is 23.5 Å². The molecule has 3 aromatic heterocycles. The maximum Gasteiger partial charge on any atom is 0.487 e. The fourth-order valence-corrected chi connectivity index (χ4v) is 2.67. The number of amides is 1. The average Bonchev–Trinajstić information content (AvgIpc) is 3.41. The molecule has 0 saturated carbocycles. The van der Waals surface area contributed by atoms with Crippen molar-refractivity contribution in [2.45, 2.75) is 12.0 Å². The molecule has 0 radical (unpaired) electrons. The van der Waals surface area contributed by atoms with Crippen LogP contribution in [0.25, 0.3) is 11.6 Å². The second-order valence-electron chi connectivity index (χ2n) is 6.12. The minimum absolute atomic E-state index is 0.0787. The van der Waals surface area contributed by atoms with Gasteiger partial charge in [-0.15, -0.1) is 25.6 Å². The van der Waals surface area contributed by atoms with Gasteiger partial charge >= 0.3 is 5.57 Å². The van der Waals surface area contributed by atoms with Gasteiger partial charge in [0.2, 0.25) is 12.3 Å². The summed E-state index contributed by atoms with van der Waals surface area (Å²) >= 11 is 4.68. The van der Waals surface area contributed by atoms with Crippen LogP contribution in [0.3, 0.4) is 0 Å². The van der Waals surface area contributed by atoms with Crippen LogP contribution in [-0.4, -0.2) is 38.2 Å². The average molecular weight is 451 g/mol. The molecule has 1 aliphatic rings. The molecule has 1 amide bonds. The number of alkyl halides is 3. The molecular formula is C19H17ClF2N6O3. The van der Waals surface area contributed by atoms with Crippen LogP contribution in [-0.2, 0) is 4.79 Å². The fourth-order valence-electron chi connectivity index (χ4n) is 2.58. The smallest absolute Gasteiger partial charge is 0.422 e. The van der Waals surface area contributed by atoms with Crippen molar-refractivity contribution >= 4 is 29.0 Å². The number of ether oxygens (including phenoxy) is 1. The number of aromatic nitrogens is 4. The lowest BCUT2D eigenvalue weighted by Crippen LogP contribution is -2.17. The highest BCUT2D eigenvalue weighted by molar-refractivity contribution is 6.20. The van der Waals surface area contributed by atoms with Gasteiger partial charge in [-0.3, -0.25) is 4.79 Å². The zero-order chi connectivity index (χ0) is 22.3. The highest BCUT2D eigenvalue weighted by atomic mass is 35.5. The predicted octanol–water partition coefficient (Wildman–Crippen LogP) is 3.75. The molecule has 1 atom stereocenters. The molecule has 162 valence electrons. The Morgan fingerprint density at radius 3 is 2.74 bits per heavy atom. The van der Waals surface area contributed by atoms with Crippen LogP contribution in [0.2, 0.25) is 0 Å². The van der Waals surface area contributed by atoms with Crippen molar-refractivity contribution in [2.75, 3.05) is 11.9 Å². The molecule has 31 heavy (non-hydrogen) atoms. The van der Waals surface area contributed by atoms with Crippen LogP contribution in [0.4, 0.5) is 20.3 Å². The number of anilines is 2. The van der Waals surface area contributed by atoms with Gasteiger partial charge in [0.25, 0.3) is 5.89 Å². The molecule has 0 spiro atoms. The summed E-state index contributed by atoms with van der Waals surface area (Å²) in [6.07, 6.45) is 6.48. The van der Waals surface area contributed by atoms with Crippen LogP contribution in [0.15, 0.2) is 60.1 Å². The Balaban J connectivity index is 0.000000287. The van der Waals surface area contributed by atoms with Crippen molar-refractivity contribution in [1.29, 1.82) is 0 Å². The van der Waals surface area contributed by atoms with Crippen molar-refractivity contribution in [3.63, 3.8) is 0 Å². The third-order valence-corrected chi connectivity index (χ3v) is 4.06. The number of hydrogen-bond acceptors (Lipinski definition) is 8. The number of hydrogen-bond donors (Lipinski definition) is 2. The van der Waals surface area contributed by atoms with E-state index in [1.165, 1.54) is 18.5 Å². The van der Waals surface area contributed by atoms with Crippen molar-refractivity contribution < 1.29 is 22.7 Å². The van der Waals surface area contributed by atoms with E-state index in [4.69, 9.17) is 4.42 Å². The van der Waals surface area contributed by atoms with Gasteiger partial charge in [-0.2, -0.15) is 0 Å². The molecule has 9 nitrogen and oxygen atoms in total. The van der Waals surface area contributed by atoms with Crippen LogP contribution < -0.4 is 15.4 Å². The van der Waals surface area contributed by atoms with Gasteiger partial charge in [-0.05, 0) is 30.7 Å². The molecule has 0 aliphatic carbocycles. The lowest BCUT2D eigenvalue weighted by molar-refractivity contribution is -0.121. The molecule has 0 bridgehead atoms. The van der Waals surface area contributed by atoms with Crippen molar-refractivity contribution in [3.8, 4) is 17.3 Å². The Hall–Kier alpha value is -3.60. The van der Waals surface area contributed by atoms with Gasteiger partial charge in [0.15, 0.2) is 5.69 Å². The molecule has 1 unspecified atom stereocenters. The number of rotatable bonds is 6. The first-order chi connectivity index (χ1) is 14.9. The summed E-state index contributed by atoms with van der Waals surface area (Å²) in [5.74, 6) is 0.646. The van der Waals surface area contributed by atoms with Gasteiger partial charge in [0, 0.05) is 24.3 Å². The van der Waals surface area contributed by atoms with Gasteiger partial charge in [0.05, 0.1) is 17.8 Å². The quantitative estimate of drug-likeness (QED) is 0.431. The highest BCUT2D eigenvalue weighted by Crippen LogP contribution is 2.28. The van der Waals surface area contributed by atoms with E-state index in [0.717, 1.165) is 19.2 Å². The Morgan fingerprint density at radius 2 is 2.19 bits per heavy atom. The summed E-state index contributed by atoms with van der Waals surface area (Å²) in [4.78, 5) is 18.7. The van der Waals surface area contributed by atoms with Gasteiger partial charge in [-0.1, -0.05) is 6.08 Å². The minimum Gasteiger partial charge on any atom is -0.422 e. The summed E-state index contributed by atoms with van der Waals surface area (Å²) in [6, 6.07) is 6.18. The molecule has 0 aromatic carbocycles. The van der Waals surface area contributed by atoms with Crippen LogP contribution in [0.5, 0.6) is 5.75 Å². The van der Waals surface area contributed by atoms with E-state index in [0.29, 0.717) is 17.2 Å². The number of carbonyl (C=O) groups excluding carboxylic acids is 1. The number of pyridine rings is 2. The van der Waals surface area contributed by atoms with E-state index in [9.17, 15) is 13.6 Å². The first-order valence-electron chi connectivity index (χ1n) is 8.96. The topological polar surface area (TPSA) is 115 Å². The molecule has 3 aromatic rings. The SMILES string of the molecule is C=CC1CCNC1=O.FC(F)(Cl)Oc1ccc(Nc2cccnc2-c2nnco2)nc1. The van der Waals surface area contributed by atoms with E-state index in [2.05, 4.69) is 53.7 Å². The summed E-state index contributed by atoms with van der Waals surface area (Å²) in [6.45, 7) is 4.35. The van der Waals surface area contributed by atoms with Crippen LogP contribution in [0, 0.1) is 5.92 Å². The Morgan fingerprint density at radius 1 is 1.35 bits per heavy atom. The maximum absolute atomic E-state index is 12.5. The first kappa shape index (κ1) is 22.1. The molecular weight excluding hydrogens is 434 g/mol. The molecule has 4 heterocycles. The van der Waals surface area contributed by atoms with Crippen molar-refractivity contribution in [3.05, 3.63) is 55.7 Å². The monoisotopic (exact) mass is 450 g/mol. The standard InChI is InChI=1S/C13H8ClF2N5O2.C6H9NO/c14-13(15,16)23-8-3-4-10(18-6-8)20-9-2-1-5-17-11(9)12-21-19-7-22-12;1-2-5-3-4-7-6(5)8/h1-7H,(H,18,20);2,5H,1,3-4H2,(H,7,8). The number of halogens is 3. The van der Waals surface area contributed by atoms with E-state index < -0.39 is 5.57 Å². The van der Waals surface area contributed by atoms with E-state index >= 15 is 0 Å². The Kier molecular flexibility index (Phi) is 7.08. The first-order valence-corrected chi connectivity index (χ1v) is 9.34. The third kappa shape index (κ3) is 6.44. The van der Waals surface area contributed by atoms with Crippen molar-refractivity contribution in [2.24, 2.45) is 5.92 Å². The Labute approximate surface area is 180 Å². The summed E-state index contributed by atoms with van der Waals surface area (Å²) in [5.41, 5.74) is -2.80. The van der Waals surface area contributed by atoms with Gasteiger partial charge < -0.3 is 19.8 Å². The number of carbonyl (C=O) groups is 1. The van der Waals surface area contributed by atoms with Crippen LogP contribution in [0.1, 0.15) is 6.42 Å². The van der Waals surface area contributed by atoms with Crippen LogP contribution >= 0.6 is 11.6 Å². The lowest BCUT2D eigenvalue weighted by Gasteiger charge is -2.11. The van der Waals surface area contributed by atoms with Gasteiger partial charge in [-0.25, -0.2) is 9.97 Å². The zero-order valence-corrected chi connectivity index (χ0v) is 16.7. The van der Waals surface area contributed by atoms with E-state index in [1.807, 2.05) is 0 Å². The summed E-state index contributed by atoms with van der Waals surface area (Å²) < 4.78 is 34.4. The van der Waals surface area contributed by atoms with Gasteiger partial charge in [0.1, 0.15) is 11.6 Å². The lowest BCUT2D eigenvalue weighted by atomic mass is 10.1. The normalized spacial score (nSPS) is 15.5. The number of nitrogens with one attached hydrogen (secondary N) is 2.